The van der Waals surface area contributed by atoms with Crippen molar-refractivity contribution in [3.8, 4) is 0 Å². The molecule has 13 heavy (non-hydrogen) atoms. The van der Waals surface area contributed by atoms with Gasteiger partial charge in [-0.15, -0.1) is 0 Å². The van der Waals surface area contributed by atoms with E-state index >= 15 is 0 Å². The molecule has 0 bridgehead atoms. The second-order valence-electron chi connectivity index (χ2n) is 3.82. The van der Waals surface area contributed by atoms with E-state index in [-0.39, 0.29) is 0 Å². The summed E-state index contributed by atoms with van der Waals surface area (Å²) in [6, 6.07) is 3.44. The number of carbonyl (C=O) groups is 1. The molecule has 0 saturated heterocycles. The summed E-state index contributed by atoms with van der Waals surface area (Å²) in [6.45, 7) is 3.06. The molecule has 3 heteroatoms. The molecule has 1 fully saturated rings. The molecule has 0 amide bonds. The number of nitrogens with zero attached hydrogens (tertiary/aromatic N) is 1. The largest absolute Gasteiger partial charge is 0.477 e. The van der Waals surface area contributed by atoms with Crippen molar-refractivity contribution < 1.29 is 9.90 Å². The van der Waals surface area contributed by atoms with Crippen LogP contribution in [0.15, 0.2) is 18.3 Å². The first-order chi connectivity index (χ1) is 6.18. The number of hydrogen-bond donors (Lipinski definition) is 1. The van der Waals surface area contributed by atoms with E-state index < -0.39 is 5.97 Å². The Balaban J connectivity index is 2.11. The van der Waals surface area contributed by atoms with Crippen LogP contribution < -0.4 is 0 Å². The molecule has 1 aromatic rings. The molecular formula is C10H13NO2. The number of rotatable bonds is 3. The topological polar surface area (TPSA) is 42.2 Å². The minimum atomic E-state index is -0.835. The summed E-state index contributed by atoms with van der Waals surface area (Å²) in [5, 5.41) is 8.83. The average molecular weight is 179 g/mol. The van der Waals surface area contributed by atoms with Crippen LogP contribution in [0.2, 0.25) is 0 Å². The van der Waals surface area contributed by atoms with E-state index in [1.807, 2.05) is 10.8 Å². The number of carboxylic acids is 1. The Bertz CT molecular complexity index is 329. The van der Waals surface area contributed by atoms with Crippen molar-refractivity contribution in [2.45, 2.75) is 19.9 Å². The Morgan fingerprint density at radius 2 is 2.46 bits per heavy atom. The van der Waals surface area contributed by atoms with E-state index in [2.05, 4.69) is 6.92 Å². The predicted octanol–water partition coefficient (Wildman–Crippen LogP) is 1.84. The molecule has 0 aromatic carbocycles. The second-order valence-corrected chi connectivity index (χ2v) is 3.82. The van der Waals surface area contributed by atoms with Gasteiger partial charge in [-0.2, -0.15) is 0 Å². The summed E-state index contributed by atoms with van der Waals surface area (Å²) in [7, 11) is 0. The molecule has 1 saturated carbocycles. The van der Waals surface area contributed by atoms with E-state index in [1.54, 1.807) is 12.1 Å². The summed E-state index contributed by atoms with van der Waals surface area (Å²) in [4.78, 5) is 10.7. The first-order valence-corrected chi connectivity index (χ1v) is 4.57. The number of aromatic carboxylic acids is 1. The monoisotopic (exact) mass is 179 g/mol. The van der Waals surface area contributed by atoms with Crippen molar-refractivity contribution >= 4 is 5.97 Å². The van der Waals surface area contributed by atoms with Crippen LogP contribution in [0.3, 0.4) is 0 Å². The van der Waals surface area contributed by atoms with Crippen LogP contribution in [0.1, 0.15) is 23.8 Å². The maximum atomic E-state index is 10.7. The number of hydrogen-bond acceptors (Lipinski definition) is 1. The molecule has 0 radical (unpaired) electrons. The van der Waals surface area contributed by atoms with Crippen LogP contribution in [0.25, 0.3) is 0 Å². The van der Waals surface area contributed by atoms with Gasteiger partial charge in [-0.1, -0.05) is 6.92 Å². The minimum absolute atomic E-state index is 0.402. The molecule has 2 rings (SSSR count). The molecule has 70 valence electrons. The van der Waals surface area contributed by atoms with Crippen molar-refractivity contribution in [3.63, 3.8) is 0 Å². The zero-order chi connectivity index (χ0) is 9.42. The van der Waals surface area contributed by atoms with E-state index in [0.717, 1.165) is 12.5 Å². The standard InChI is InChI=1S/C10H13NO2/c1-7-5-8(7)6-11-4-2-3-9(11)10(12)13/h2-4,7-8H,5-6H2,1H3,(H,12,13). The lowest BCUT2D eigenvalue weighted by Gasteiger charge is -2.04. The van der Waals surface area contributed by atoms with Gasteiger partial charge in [0.15, 0.2) is 0 Å². The smallest absolute Gasteiger partial charge is 0.352 e. The van der Waals surface area contributed by atoms with Crippen LogP contribution in [-0.2, 0) is 6.54 Å². The molecule has 0 aliphatic heterocycles. The molecule has 1 N–H and O–H groups in total. The van der Waals surface area contributed by atoms with Gasteiger partial charge in [-0.25, -0.2) is 4.79 Å². The highest BCUT2D eigenvalue weighted by atomic mass is 16.4. The Kier molecular flexibility index (Phi) is 1.87. The Morgan fingerprint density at radius 1 is 1.77 bits per heavy atom. The van der Waals surface area contributed by atoms with E-state index in [4.69, 9.17) is 5.11 Å². The highest BCUT2D eigenvalue weighted by Gasteiger charge is 2.33. The maximum absolute atomic E-state index is 10.7. The molecule has 2 unspecified atom stereocenters. The molecule has 3 nitrogen and oxygen atoms in total. The Hall–Kier alpha value is -1.25. The van der Waals surface area contributed by atoms with Gasteiger partial charge in [-0.05, 0) is 30.4 Å². The lowest BCUT2D eigenvalue weighted by Crippen LogP contribution is -2.09. The van der Waals surface area contributed by atoms with Crippen LogP contribution >= 0.6 is 0 Å². The summed E-state index contributed by atoms with van der Waals surface area (Å²) in [5.41, 5.74) is 0.402. The van der Waals surface area contributed by atoms with Crippen LogP contribution in [0.4, 0.5) is 0 Å². The molecular weight excluding hydrogens is 166 g/mol. The van der Waals surface area contributed by atoms with Gasteiger partial charge in [0.05, 0.1) is 0 Å². The Morgan fingerprint density at radius 3 is 3.00 bits per heavy atom. The van der Waals surface area contributed by atoms with E-state index in [1.165, 1.54) is 6.42 Å². The predicted molar refractivity (Wildman–Crippen MR) is 48.7 cm³/mol. The van der Waals surface area contributed by atoms with Crippen molar-refractivity contribution in [1.82, 2.24) is 4.57 Å². The molecule has 1 aromatic heterocycles. The zero-order valence-electron chi connectivity index (χ0n) is 7.60. The third kappa shape index (κ3) is 1.59. The van der Waals surface area contributed by atoms with E-state index in [9.17, 15) is 4.79 Å². The SMILES string of the molecule is CC1CC1Cn1cccc1C(=O)O. The van der Waals surface area contributed by atoms with Crippen LogP contribution in [0, 0.1) is 11.8 Å². The van der Waals surface area contributed by atoms with Crippen molar-refractivity contribution in [3.05, 3.63) is 24.0 Å². The van der Waals surface area contributed by atoms with Crippen molar-refractivity contribution in [2.24, 2.45) is 11.8 Å². The average Bonchev–Trinajstić information content (AvgIpc) is 2.62. The summed E-state index contributed by atoms with van der Waals surface area (Å²) in [6.07, 6.45) is 3.08. The van der Waals surface area contributed by atoms with Gasteiger partial charge < -0.3 is 9.67 Å². The zero-order valence-corrected chi connectivity index (χ0v) is 7.60. The minimum Gasteiger partial charge on any atom is -0.477 e. The van der Waals surface area contributed by atoms with Crippen molar-refractivity contribution in [1.29, 1.82) is 0 Å². The normalized spacial score (nSPS) is 25.9. The van der Waals surface area contributed by atoms with Crippen LogP contribution in [0.5, 0.6) is 0 Å². The van der Waals surface area contributed by atoms with Gasteiger partial charge in [0, 0.05) is 12.7 Å². The van der Waals surface area contributed by atoms with Gasteiger partial charge in [0.1, 0.15) is 5.69 Å². The maximum Gasteiger partial charge on any atom is 0.352 e. The fraction of sp³-hybridized carbons (Fsp3) is 0.500. The fourth-order valence-corrected chi connectivity index (χ4v) is 1.67. The van der Waals surface area contributed by atoms with Gasteiger partial charge in [-0.3, -0.25) is 0 Å². The van der Waals surface area contributed by atoms with E-state index in [0.29, 0.717) is 11.6 Å². The molecule has 2 atom stereocenters. The third-order valence-electron chi connectivity index (χ3n) is 2.76. The second kappa shape index (κ2) is 2.91. The quantitative estimate of drug-likeness (QED) is 0.769. The lowest BCUT2D eigenvalue weighted by molar-refractivity contribution is 0.0684. The molecule has 0 spiro atoms. The fourth-order valence-electron chi connectivity index (χ4n) is 1.67. The first kappa shape index (κ1) is 8.35. The molecule has 1 aliphatic rings. The summed E-state index contributed by atoms with van der Waals surface area (Å²) < 4.78 is 1.83. The molecule has 1 aliphatic carbocycles. The lowest BCUT2D eigenvalue weighted by atomic mass is 10.3. The summed E-state index contributed by atoms with van der Waals surface area (Å²) in [5.74, 6) is 0.618. The highest BCUT2D eigenvalue weighted by Crippen LogP contribution is 2.39. The number of aromatic nitrogens is 1. The summed E-state index contributed by atoms with van der Waals surface area (Å²) >= 11 is 0. The van der Waals surface area contributed by atoms with Gasteiger partial charge in [0.2, 0.25) is 0 Å². The number of carboxylic acid groups (broad SMARTS) is 1. The highest BCUT2D eigenvalue weighted by molar-refractivity contribution is 5.85. The van der Waals surface area contributed by atoms with Gasteiger partial charge >= 0.3 is 5.97 Å². The van der Waals surface area contributed by atoms with Crippen LogP contribution in [-0.4, -0.2) is 15.6 Å². The Labute approximate surface area is 77.0 Å². The van der Waals surface area contributed by atoms with Crippen molar-refractivity contribution in [2.75, 3.05) is 0 Å². The first-order valence-electron chi connectivity index (χ1n) is 4.57. The van der Waals surface area contributed by atoms with Gasteiger partial charge in [0.25, 0.3) is 0 Å². The third-order valence-corrected chi connectivity index (χ3v) is 2.76. The molecule has 1 heterocycles.